The number of likely N-dealkylation sites (tertiary alicyclic amines) is 1. The van der Waals surface area contributed by atoms with Gasteiger partial charge in [-0.15, -0.1) is 0 Å². The molecular weight excluding hydrogens is 769 g/mol. The van der Waals surface area contributed by atoms with E-state index in [2.05, 4.69) is 179 Å². The molecule has 6 atom stereocenters. The van der Waals surface area contributed by atoms with Crippen molar-refractivity contribution in [3.8, 4) is 0 Å². The van der Waals surface area contributed by atoms with Crippen molar-refractivity contribution in [2.24, 2.45) is 28.5 Å². The van der Waals surface area contributed by atoms with E-state index in [1.54, 1.807) is 5.57 Å². The first-order valence-corrected chi connectivity index (χ1v) is 23.6. The maximum Gasteiger partial charge on any atom is 0.123 e. The van der Waals surface area contributed by atoms with E-state index in [1.807, 2.05) is 13.2 Å². The summed E-state index contributed by atoms with van der Waals surface area (Å²) >= 11 is 0. The lowest BCUT2D eigenvalue weighted by Gasteiger charge is -2.37. The molecule has 0 spiro atoms. The van der Waals surface area contributed by atoms with Gasteiger partial charge >= 0.3 is 0 Å². The number of nitrogens with one attached hydrogen (secondary N) is 1. The van der Waals surface area contributed by atoms with Gasteiger partial charge in [0, 0.05) is 72.9 Å². The lowest BCUT2D eigenvalue weighted by molar-refractivity contribution is 0.142. The number of nitrogens with two attached hydrogens (primary N) is 1. The molecule has 2 saturated heterocycles. The summed E-state index contributed by atoms with van der Waals surface area (Å²) in [4.78, 5) is 13.0. The van der Waals surface area contributed by atoms with E-state index in [0.717, 1.165) is 54.8 Å². The third kappa shape index (κ3) is 9.57. The molecule has 3 N–H and O–H groups in total. The summed E-state index contributed by atoms with van der Waals surface area (Å²) in [6, 6.07) is 12.1. The lowest BCUT2D eigenvalue weighted by atomic mass is 9.83. The zero-order valence-corrected chi connectivity index (χ0v) is 37.2. The molecule has 3 heterocycles. The van der Waals surface area contributed by atoms with Crippen LogP contribution in [0.1, 0.15) is 69.8 Å². The van der Waals surface area contributed by atoms with Crippen molar-refractivity contribution in [3.05, 3.63) is 210 Å². The Hall–Kier alpha value is -5.85. The Balaban J connectivity index is 0.939. The molecule has 0 aromatic heterocycles. The van der Waals surface area contributed by atoms with Gasteiger partial charge in [0.25, 0.3) is 0 Å². The van der Waals surface area contributed by atoms with Crippen LogP contribution in [0.3, 0.4) is 0 Å². The molecule has 8 aliphatic rings. The molecule has 1 saturated carbocycles. The van der Waals surface area contributed by atoms with Crippen LogP contribution in [0.25, 0.3) is 5.70 Å². The second-order valence-electron chi connectivity index (χ2n) is 18.3. The van der Waals surface area contributed by atoms with Gasteiger partial charge in [-0.05, 0) is 102 Å². The van der Waals surface area contributed by atoms with Crippen molar-refractivity contribution in [2.75, 3.05) is 20.1 Å². The van der Waals surface area contributed by atoms with Gasteiger partial charge in [-0.2, -0.15) is 0 Å². The van der Waals surface area contributed by atoms with Gasteiger partial charge in [-0.3, -0.25) is 9.89 Å². The predicted octanol–water partition coefficient (Wildman–Crippen LogP) is 11.3. The molecule has 0 amide bonds. The standard InChI is InChI=1S/C57H66N6/c1-41-18-15-16-32-61(57-40-62(57)56(38-58)48-29-30-55-51(36-48)50-27-13-14-28-54(50)63(55)49-25-11-6-12-26-49)33-31-47(34-42(41)2)46-24-17-19-43(35-46)39-60-53(45-22-9-5-10-23-45)37-52(59-3)44-20-7-4-8-21-44/h4,6-8,11-13,15-21,25,27,29,31-38,45-46,49-50,54-55,57,59H,1-2,5,9-10,14,22-24,26,28,30,39-40,58H2,3H3/b18-15-,32-16-,33-31-,47-34+,52-37-,56-38-,60-53+/t46?,49?,50?,54?,55?,57-,62?/m0/s1. The number of hydrogen-bond donors (Lipinski definition) is 2. The highest BCUT2D eigenvalue weighted by Crippen LogP contribution is 2.47. The Bertz CT molecular complexity index is 2340. The van der Waals surface area contributed by atoms with Crippen LogP contribution in [0.15, 0.2) is 210 Å². The van der Waals surface area contributed by atoms with Crippen LogP contribution < -0.4 is 11.1 Å². The highest BCUT2D eigenvalue weighted by Gasteiger charge is 2.48. The Labute approximate surface area is 377 Å². The maximum absolute atomic E-state index is 6.54. The smallest absolute Gasteiger partial charge is 0.123 e. The molecule has 1 aromatic rings. The number of fused-ring (bicyclic) bond motifs is 3. The fourth-order valence-electron chi connectivity index (χ4n) is 10.9. The molecule has 6 heteroatoms. The number of benzene rings is 1. The van der Waals surface area contributed by atoms with Crippen LogP contribution in [0.2, 0.25) is 0 Å². The van der Waals surface area contributed by atoms with Crippen molar-refractivity contribution < 1.29 is 0 Å². The van der Waals surface area contributed by atoms with Crippen LogP contribution in [0.4, 0.5) is 0 Å². The Kier molecular flexibility index (Phi) is 13.3. The molecule has 3 aliphatic heterocycles. The molecule has 6 nitrogen and oxygen atoms in total. The number of nitrogens with zero attached hydrogens (tertiary/aromatic N) is 4. The van der Waals surface area contributed by atoms with Crippen LogP contribution in [-0.4, -0.2) is 64.8 Å². The van der Waals surface area contributed by atoms with Gasteiger partial charge in [-0.25, -0.2) is 0 Å². The largest absolute Gasteiger partial charge is 0.403 e. The fraction of sp³-hybridized carbons (Fsp3) is 0.351. The van der Waals surface area contributed by atoms with Crippen molar-refractivity contribution >= 4 is 11.4 Å². The van der Waals surface area contributed by atoms with Gasteiger partial charge in [0.15, 0.2) is 0 Å². The number of rotatable bonds is 11. The van der Waals surface area contributed by atoms with Gasteiger partial charge in [0.2, 0.25) is 0 Å². The Morgan fingerprint density at radius 3 is 2.56 bits per heavy atom. The summed E-state index contributed by atoms with van der Waals surface area (Å²) in [5.41, 5.74) is 18.3. The van der Waals surface area contributed by atoms with Crippen LogP contribution in [-0.2, 0) is 0 Å². The van der Waals surface area contributed by atoms with E-state index in [0.29, 0.717) is 36.5 Å². The first kappa shape index (κ1) is 42.5. The van der Waals surface area contributed by atoms with E-state index in [4.69, 9.17) is 10.7 Å². The summed E-state index contributed by atoms with van der Waals surface area (Å²) in [5.74, 6) is 1.14. The average Bonchev–Trinajstić information content (AvgIpc) is 4.05. The molecule has 9 rings (SSSR count). The number of aliphatic imine (C=N–C) groups is 1. The predicted molar refractivity (Wildman–Crippen MR) is 265 cm³/mol. The molecular formula is C57H66N6. The molecule has 63 heavy (non-hydrogen) atoms. The summed E-state index contributed by atoms with van der Waals surface area (Å²) in [6.45, 7) is 10.4. The van der Waals surface area contributed by atoms with Crippen LogP contribution in [0, 0.1) is 17.8 Å². The van der Waals surface area contributed by atoms with Gasteiger partial charge in [-0.1, -0.05) is 148 Å². The minimum atomic E-state index is 0.157. The normalized spacial score (nSPS) is 31.5. The quantitative estimate of drug-likeness (QED) is 0.132. The minimum Gasteiger partial charge on any atom is -0.403 e. The zero-order chi connectivity index (χ0) is 43.1. The van der Waals surface area contributed by atoms with E-state index < -0.39 is 0 Å². The summed E-state index contributed by atoms with van der Waals surface area (Å²) < 4.78 is 0. The molecule has 1 aromatic carbocycles. The minimum absolute atomic E-state index is 0.157. The Morgan fingerprint density at radius 1 is 0.873 bits per heavy atom. The van der Waals surface area contributed by atoms with Gasteiger partial charge in [0.05, 0.1) is 18.8 Å². The summed E-state index contributed by atoms with van der Waals surface area (Å²) in [7, 11) is 2.01. The zero-order valence-electron chi connectivity index (χ0n) is 37.2. The molecule has 5 unspecified atom stereocenters. The van der Waals surface area contributed by atoms with E-state index >= 15 is 0 Å². The van der Waals surface area contributed by atoms with Gasteiger partial charge in [0.1, 0.15) is 6.17 Å². The molecule has 324 valence electrons. The lowest BCUT2D eigenvalue weighted by Crippen LogP contribution is -2.45. The maximum atomic E-state index is 6.54. The second kappa shape index (κ2) is 19.7. The third-order valence-corrected chi connectivity index (χ3v) is 14.4. The van der Waals surface area contributed by atoms with Crippen molar-refractivity contribution in [1.82, 2.24) is 20.0 Å². The first-order chi connectivity index (χ1) is 31.0. The first-order valence-electron chi connectivity index (χ1n) is 23.6. The molecule has 5 aliphatic carbocycles. The molecule has 3 fully saturated rings. The highest BCUT2D eigenvalue weighted by molar-refractivity contribution is 6.02. The van der Waals surface area contributed by atoms with E-state index in [1.165, 1.54) is 66.5 Å². The van der Waals surface area contributed by atoms with Gasteiger partial charge < -0.3 is 20.9 Å². The fourth-order valence-corrected chi connectivity index (χ4v) is 10.9. The topological polar surface area (TPSA) is 59.9 Å². The summed E-state index contributed by atoms with van der Waals surface area (Å²) in [6.07, 6.45) is 57.2. The number of allylic oxidation sites excluding steroid dienone is 15. The van der Waals surface area contributed by atoms with Crippen molar-refractivity contribution in [3.63, 3.8) is 0 Å². The Morgan fingerprint density at radius 2 is 1.75 bits per heavy atom. The third-order valence-electron chi connectivity index (χ3n) is 14.4. The highest BCUT2D eigenvalue weighted by atomic mass is 15.5. The monoisotopic (exact) mass is 835 g/mol. The second-order valence-corrected chi connectivity index (χ2v) is 18.3. The van der Waals surface area contributed by atoms with E-state index in [-0.39, 0.29) is 12.1 Å². The molecule has 0 bridgehead atoms. The molecule has 0 radical (unpaired) electrons. The summed E-state index contributed by atoms with van der Waals surface area (Å²) in [5, 5.41) is 3.46. The van der Waals surface area contributed by atoms with Crippen molar-refractivity contribution in [2.45, 2.75) is 88.5 Å². The van der Waals surface area contributed by atoms with Crippen molar-refractivity contribution in [1.29, 1.82) is 0 Å². The van der Waals surface area contributed by atoms with Crippen LogP contribution >= 0.6 is 0 Å². The van der Waals surface area contributed by atoms with E-state index in [9.17, 15) is 0 Å². The SMILES string of the molecule is C=C1/C=C\C=C/N([C@@H]2CN2/C(=C\N)C2=CCC3C(=C2)C2C=CCCC2N3C2C=CC=CC2)/C=C\C(C2C=C(C/N=C(\C=C(/NC)c3ccccc3)C3CCCCC3)C=CC2)=C/C1=C. The van der Waals surface area contributed by atoms with Crippen LogP contribution in [0.5, 0.6) is 0 Å². The number of hydrogen-bond acceptors (Lipinski definition) is 6. The average molecular weight is 835 g/mol.